The third kappa shape index (κ3) is 4.94. The van der Waals surface area contributed by atoms with Crippen LogP contribution in [-0.2, 0) is 0 Å². The second-order valence-corrected chi connectivity index (χ2v) is 6.86. The summed E-state index contributed by atoms with van der Waals surface area (Å²) in [5.41, 5.74) is 5.60. The van der Waals surface area contributed by atoms with Crippen LogP contribution in [0.5, 0.6) is 0 Å². The predicted molar refractivity (Wildman–Crippen MR) is 110 cm³/mol. The van der Waals surface area contributed by atoms with Crippen molar-refractivity contribution in [1.82, 2.24) is 0 Å². The van der Waals surface area contributed by atoms with Gasteiger partial charge in [-0.1, -0.05) is 71.9 Å². The minimum atomic E-state index is 0.964. The van der Waals surface area contributed by atoms with E-state index < -0.39 is 0 Å². The Morgan fingerprint density at radius 3 is 2.20 bits per heavy atom. The molecule has 0 saturated heterocycles. The first-order chi connectivity index (χ1) is 12.2. The molecule has 0 bridgehead atoms. The number of aryl methyl sites for hydroxylation is 2. The molecular weight excluding hydrogens is 322 g/mol. The maximum atomic E-state index is 4.85. The molecule has 3 aromatic carbocycles. The van der Waals surface area contributed by atoms with Gasteiger partial charge in [-0.2, -0.15) is 0 Å². The predicted octanol–water partition coefficient (Wildman–Crippen LogP) is 6.73. The van der Waals surface area contributed by atoms with Crippen molar-refractivity contribution in [3.05, 3.63) is 107 Å². The molecule has 124 valence electrons. The topological polar surface area (TPSA) is 12.4 Å². The van der Waals surface area contributed by atoms with Crippen molar-refractivity contribution in [1.29, 1.82) is 0 Å². The molecule has 3 rings (SSSR count). The van der Waals surface area contributed by atoms with Crippen LogP contribution >= 0.6 is 11.8 Å². The summed E-state index contributed by atoms with van der Waals surface area (Å²) >= 11 is 1.71. The van der Waals surface area contributed by atoms with E-state index in [9.17, 15) is 0 Å². The Bertz CT molecular complexity index is 877. The molecule has 0 fully saturated rings. The number of allylic oxidation sites excluding steroid dienone is 1. The quantitative estimate of drug-likeness (QED) is 0.369. The normalized spacial score (nSPS) is 11.8. The fourth-order valence-electron chi connectivity index (χ4n) is 2.48. The molecule has 0 heterocycles. The SMILES string of the molecule is Cc1ccc(SC=CC(=Nc2ccccc2)c2ccccc2C)cc1. The summed E-state index contributed by atoms with van der Waals surface area (Å²) in [6, 6.07) is 27.0. The molecule has 0 aliphatic heterocycles. The van der Waals surface area contributed by atoms with Crippen LogP contribution in [-0.4, -0.2) is 5.71 Å². The summed E-state index contributed by atoms with van der Waals surface area (Å²) in [7, 11) is 0. The first-order valence-electron chi connectivity index (χ1n) is 8.32. The zero-order valence-electron chi connectivity index (χ0n) is 14.5. The number of rotatable bonds is 5. The van der Waals surface area contributed by atoms with E-state index in [0.717, 1.165) is 17.0 Å². The highest BCUT2D eigenvalue weighted by Crippen LogP contribution is 2.21. The largest absolute Gasteiger partial charge is 0.248 e. The van der Waals surface area contributed by atoms with Crippen LogP contribution in [0.3, 0.4) is 0 Å². The lowest BCUT2D eigenvalue weighted by Gasteiger charge is -2.06. The number of hydrogen-bond donors (Lipinski definition) is 0. The van der Waals surface area contributed by atoms with Crippen molar-refractivity contribution in [2.45, 2.75) is 18.7 Å². The van der Waals surface area contributed by atoms with Crippen molar-refractivity contribution in [2.75, 3.05) is 0 Å². The molecule has 0 N–H and O–H groups in total. The summed E-state index contributed by atoms with van der Waals surface area (Å²) < 4.78 is 0. The zero-order chi connectivity index (χ0) is 17.5. The number of hydrogen-bond acceptors (Lipinski definition) is 2. The summed E-state index contributed by atoms with van der Waals surface area (Å²) in [4.78, 5) is 6.08. The lowest BCUT2D eigenvalue weighted by molar-refractivity contribution is 1.38. The molecule has 0 aliphatic rings. The summed E-state index contributed by atoms with van der Waals surface area (Å²) in [6.07, 6.45) is 2.10. The molecule has 0 aliphatic carbocycles. The number of nitrogens with zero attached hydrogens (tertiary/aromatic N) is 1. The van der Waals surface area contributed by atoms with Gasteiger partial charge in [0.15, 0.2) is 0 Å². The molecule has 0 saturated carbocycles. The van der Waals surface area contributed by atoms with Crippen LogP contribution in [0.2, 0.25) is 0 Å². The summed E-state index contributed by atoms with van der Waals surface area (Å²) in [6.45, 7) is 4.23. The van der Waals surface area contributed by atoms with Crippen molar-refractivity contribution in [3.8, 4) is 0 Å². The first kappa shape index (κ1) is 17.2. The van der Waals surface area contributed by atoms with Gasteiger partial charge in [-0.3, -0.25) is 0 Å². The summed E-state index contributed by atoms with van der Waals surface area (Å²) in [5.74, 6) is 0. The van der Waals surface area contributed by atoms with E-state index in [4.69, 9.17) is 4.99 Å². The molecule has 0 spiro atoms. The maximum absolute atomic E-state index is 4.85. The highest BCUT2D eigenvalue weighted by atomic mass is 32.2. The second kappa shape index (κ2) is 8.50. The van der Waals surface area contributed by atoms with E-state index >= 15 is 0 Å². The van der Waals surface area contributed by atoms with Gasteiger partial charge >= 0.3 is 0 Å². The Morgan fingerprint density at radius 1 is 0.800 bits per heavy atom. The number of para-hydroxylation sites is 1. The standard InChI is InChI=1S/C23H21NS/c1-18-12-14-21(15-13-18)25-17-16-23(22-11-7-6-8-19(22)2)24-20-9-4-3-5-10-20/h3-17H,1-2H3. The van der Waals surface area contributed by atoms with E-state index in [1.165, 1.54) is 16.0 Å². The Balaban J connectivity index is 1.89. The molecule has 0 amide bonds. The average molecular weight is 343 g/mol. The Morgan fingerprint density at radius 2 is 1.48 bits per heavy atom. The lowest BCUT2D eigenvalue weighted by Crippen LogP contribution is -1.99. The van der Waals surface area contributed by atoms with Gasteiger partial charge in [0.2, 0.25) is 0 Å². The van der Waals surface area contributed by atoms with E-state index in [-0.39, 0.29) is 0 Å². The van der Waals surface area contributed by atoms with E-state index in [2.05, 4.69) is 73.9 Å². The summed E-state index contributed by atoms with van der Waals surface area (Å²) in [5, 5.41) is 2.11. The Hall–Kier alpha value is -2.58. The van der Waals surface area contributed by atoms with Crippen LogP contribution in [0, 0.1) is 13.8 Å². The molecule has 0 atom stereocenters. The van der Waals surface area contributed by atoms with Gasteiger partial charge in [-0.05, 0) is 55.2 Å². The van der Waals surface area contributed by atoms with Gasteiger partial charge < -0.3 is 0 Å². The Kier molecular flexibility index (Phi) is 5.86. The zero-order valence-corrected chi connectivity index (χ0v) is 15.3. The fourth-order valence-corrected chi connectivity index (χ4v) is 3.13. The highest BCUT2D eigenvalue weighted by molar-refractivity contribution is 8.02. The average Bonchev–Trinajstić information content (AvgIpc) is 2.64. The maximum Gasteiger partial charge on any atom is 0.0717 e. The minimum absolute atomic E-state index is 0.964. The number of thioether (sulfide) groups is 1. The van der Waals surface area contributed by atoms with Crippen LogP contribution in [0.4, 0.5) is 5.69 Å². The second-order valence-electron chi connectivity index (χ2n) is 5.88. The van der Waals surface area contributed by atoms with Crippen LogP contribution in [0.25, 0.3) is 0 Å². The Labute approximate surface area is 154 Å². The van der Waals surface area contributed by atoms with Crippen molar-refractivity contribution < 1.29 is 0 Å². The van der Waals surface area contributed by atoms with Gasteiger partial charge in [0.1, 0.15) is 0 Å². The molecular formula is C23H21NS. The van der Waals surface area contributed by atoms with Gasteiger partial charge in [0.05, 0.1) is 11.4 Å². The molecule has 2 heteroatoms. The lowest BCUT2D eigenvalue weighted by atomic mass is 10.0. The van der Waals surface area contributed by atoms with Crippen LogP contribution in [0.15, 0.2) is 100 Å². The van der Waals surface area contributed by atoms with E-state index in [1.54, 1.807) is 11.8 Å². The molecule has 0 radical (unpaired) electrons. The molecule has 0 unspecified atom stereocenters. The van der Waals surface area contributed by atoms with Gasteiger partial charge in [0.25, 0.3) is 0 Å². The number of aliphatic imine (C=N–C) groups is 1. The van der Waals surface area contributed by atoms with E-state index in [0.29, 0.717) is 0 Å². The van der Waals surface area contributed by atoms with Crippen molar-refractivity contribution >= 4 is 23.2 Å². The minimum Gasteiger partial charge on any atom is -0.248 e. The van der Waals surface area contributed by atoms with Crippen molar-refractivity contribution in [2.24, 2.45) is 4.99 Å². The van der Waals surface area contributed by atoms with E-state index in [1.807, 2.05) is 30.3 Å². The smallest absolute Gasteiger partial charge is 0.0717 e. The van der Waals surface area contributed by atoms with Gasteiger partial charge in [0, 0.05) is 10.5 Å². The van der Waals surface area contributed by atoms with Gasteiger partial charge in [-0.15, -0.1) is 0 Å². The van der Waals surface area contributed by atoms with Crippen molar-refractivity contribution in [3.63, 3.8) is 0 Å². The molecule has 25 heavy (non-hydrogen) atoms. The molecule has 0 aromatic heterocycles. The monoisotopic (exact) mass is 343 g/mol. The number of benzene rings is 3. The molecule has 3 aromatic rings. The molecule has 1 nitrogen and oxygen atoms in total. The highest BCUT2D eigenvalue weighted by Gasteiger charge is 2.04. The van der Waals surface area contributed by atoms with Crippen LogP contribution in [0.1, 0.15) is 16.7 Å². The third-order valence-electron chi connectivity index (χ3n) is 3.88. The van der Waals surface area contributed by atoms with Gasteiger partial charge in [-0.25, -0.2) is 4.99 Å². The fraction of sp³-hybridized carbons (Fsp3) is 0.0870. The third-order valence-corrected chi connectivity index (χ3v) is 4.69. The first-order valence-corrected chi connectivity index (χ1v) is 9.20. The van der Waals surface area contributed by atoms with Crippen LogP contribution < -0.4 is 0 Å².